The molecule has 0 atom stereocenters. The lowest BCUT2D eigenvalue weighted by Crippen LogP contribution is -2.26. The Morgan fingerprint density at radius 1 is 1.39 bits per heavy atom. The molecule has 0 aliphatic carbocycles. The van der Waals surface area contributed by atoms with E-state index in [0.717, 1.165) is 12.0 Å². The number of hydrogen-bond donors (Lipinski definition) is 2. The quantitative estimate of drug-likeness (QED) is 0.830. The van der Waals surface area contributed by atoms with Gasteiger partial charge in [0.15, 0.2) is 0 Å². The average molecular weight is 260 g/mol. The first-order chi connectivity index (χ1) is 8.68. The summed E-state index contributed by atoms with van der Waals surface area (Å²) in [7, 11) is 0. The number of nitrogens with two attached hydrogens (primary N) is 1. The maximum absolute atomic E-state index is 12.0. The van der Waals surface area contributed by atoms with Gasteiger partial charge in [-0.15, -0.1) is 0 Å². The first-order valence-corrected chi connectivity index (χ1v) is 6.77. The van der Waals surface area contributed by atoms with E-state index in [0.29, 0.717) is 17.8 Å². The highest BCUT2D eigenvalue weighted by atomic mass is 32.1. The van der Waals surface area contributed by atoms with Gasteiger partial charge in [-0.3, -0.25) is 4.79 Å². The highest BCUT2D eigenvalue weighted by Crippen LogP contribution is 2.16. The van der Waals surface area contributed by atoms with Gasteiger partial charge in [0.1, 0.15) is 0 Å². The van der Waals surface area contributed by atoms with Crippen molar-refractivity contribution >= 4 is 22.9 Å². The van der Waals surface area contributed by atoms with Gasteiger partial charge in [-0.05, 0) is 47.4 Å². The van der Waals surface area contributed by atoms with Crippen molar-refractivity contribution in [3.63, 3.8) is 0 Å². The van der Waals surface area contributed by atoms with E-state index in [2.05, 4.69) is 16.8 Å². The van der Waals surface area contributed by atoms with Gasteiger partial charge in [0.25, 0.3) is 5.91 Å². The van der Waals surface area contributed by atoms with E-state index >= 15 is 0 Å². The lowest BCUT2D eigenvalue weighted by molar-refractivity contribution is 0.0955. The van der Waals surface area contributed by atoms with Crippen molar-refractivity contribution in [1.82, 2.24) is 5.32 Å². The number of carbonyl (C=O) groups excluding carboxylic acids is 1. The van der Waals surface area contributed by atoms with Gasteiger partial charge in [-0.2, -0.15) is 11.3 Å². The largest absolute Gasteiger partial charge is 0.398 e. The summed E-state index contributed by atoms with van der Waals surface area (Å²) < 4.78 is 0. The molecule has 18 heavy (non-hydrogen) atoms. The van der Waals surface area contributed by atoms with E-state index in [1.165, 1.54) is 5.56 Å². The number of hydrogen-bond acceptors (Lipinski definition) is 3. The molecule has 0 fully saturated rings. The number of rotatable bonds is 4. The van der Waals surface area contributed by atoms with Gasteiger partial charge < -0.3 is 11.1 Å². The zero-order valence-electron chi connectivity index (χ0n) is 10.3. The smallest absolute Gasteiger partial charge is 0.253 e. The maximum Gasteiger partial charge on any atom is 0.253 e. The molecule has 0 bridgehead atoms. The lowest BCUT2D eigenvalue weighted by Gasteiger charge is -2.08. The predicted octanol–water partition coefficient (Wildman–Crippen LogP) is 2.61. The molecule has 3 N–H and O–H groups in total. The van der Waals surface area contributed by atoms with Crippen LogP contribution in [0, 0.1) is 6.92 Å². The van der Waals surface area contributed by atoms with Crippen LogP contribution in [0.25, 0.3) is 0 Å². The van der Waals surface area contributed by atoms with Crippen LogP contribution < -0.4 is 11.1 Å². The summed E-state index contributed by atoms with van der Waals surface area (Å²) in [5.41, 5.74) is 9.19. The Hall–Kier alpha value is -1.81. The molecule has 0 saturated heterocycles. The number of nitrogens with one attached hydrogen (secondary N) is 1. The Bertz CT molecular complexity index is 535. The molecular weight excluding hydrogens is 244 g/mol. The van der Waals surface area contributed by atoms with Crippen molar-refractivity contribution in [2.75, 3.05) is 12.3 Å². The second kappa shape index (κ2) is 5.69. The minimum Gasteiger partial charge on any atom is -0.398 e. The number of nitrogen functional groups attached to an aromatic ring is 1. The van der Waals surface area contributed by atoms with E-state index in [-0.39, 0.29) is 5.91 Å². The predicted molar refractivity (Wildman–Crippen MR) is 75.9 cm³/mol. The number of thiophene rings is 1. The van der Waals surface area contributed by atoms with E-state index in [9.17, 15) is 4.79 Å². The Morgan fingerprint density at radius 2 is 2.22 bits per heavy atom. The van der Waals surface area contributed by atoms with Crippen LogP contribution in [0.4, 0.5) is 5.69 Å². The zero-order chi connectivity index (χ0) is 13.0. The first kappa shape index (κ1) is 12.6. The first-order valence-electron chi connectivity index (χ1n) is 5.83. The Balaban J connectivity index is 1.93. The van der Waals surface area contributed by atoms with Crippen molar-refractivity contribution in [2.24, 2.45) is 0 Å². The van der Waals surface area contributed by atoms with Crippen LogP contribution in [0.2, 0.25) is 0 Å². The molecule has 0 unspecified atom stereocenters. The molecule has 1 aromatic carbocycles. The van der Waals surface area contributed by atoms with Crippen LogP contribution in [-0.4, -0.2) is 12.5 Å². The lowest BCUT2D eigenvalue weighted by atomic mass is 10.1. The third-order valence-corrected chi connectivity index (χ3v) is 3.58. The third kappa shape index (κ3) is 2.90. The Morgan fingerprint density at radius 3 is 2.94 bits per heavy atom. The van der Waals surface area contributed by atoms with Crippen LogP contribution in [0.1, 0.15) is 21.5 Å². The molecule has 4 heteroatoms. The summed E-state index contributed by atoms with van der Waals surface area (Å²) in [6.07, 6.45) is 0.848. The van der Waals surface area contributed by atoms with E-state index in [4.69, 9.17) is 5.73 Å². The van der Waals surface area contributed by atoms with Gasteiger partial charge in [0.05, 0.1) is 5.56 Å². The normalized spacial score (nSPS) is 10.3. The van der Waals surface area contributed by atoms with E-state index in [1.807, 2.05) is 24.4 Å². The van der Waals surface area contributed by atoms with Crippen molar-refractivity contribution in [3.05, 3.63) is 51.7 Å². The molecule has 1 amide bonds. The average Bonchev–Trinajstić information content (AvgIpc) is 2.85. The Kier molecular flexibility index (Phi) is 3.99. The van der Waals surface area contributed by atoms with Crippen molar-refractivity contribution < 1.29 is 4.79 Å². The highest BCUT2D eigenvalue weighted by molar-refractivity contribution is 7.07. The molecular formula is C14H16N2OS. The van der Waals surface area contributed by atoms with Crippen LogP contribution in [0.3, 0.4) is 0 Å². The van der Waals surface area contributed by atoms with Gasteiger partial charge in [-0.25, -0.2) is 0 Å². The molecule has 94 valence electrons. The SMILES string of the molecule is Cc1cccc(C(=O)NCCc2ccsc2)c1N. The third-order valence-electron chi connectivity index (χ3n) is 2.85. The van der Waals surface area contributed by atoms with Gasteiger partial charge in [-0.1, -0.05) is 12.1 Å². The minimum absolute atomic E-state index is 0.105. The summed E-state index contributed by atoms with van der Waals surface area (Å²) in [5.74, 6) is -0.105. The number of anilines is 1. The number of amides is 1. The van der Waals surface area contributed by atoms with Crippen LogP contribution in [-0.2, 0) is 6.42 Å². The fourth-order valence-electron chi connectivity index (χ4n) is 1.73. The van der Waals surface area contributed by atoms with Gasteiger partial charge >= 0.3 is 0 Å². The summed E-state index contributed by atoms with van der Waals surface area (Å²) in [4.78, 5) is 12.0. The fraction of sp³-hybridized carbons (Fsp3) is 0.214. The molecule has 2 rings (SSSR count). The summed E-state index contributed by atoms with van der Waals surface area (Å²) in [6, 6.07) is 7.57. The standard InChI is InChI=1S/C14H16N2OS/c1-10-3-2-4-12(13(10)15)14(17)16-7-5-11-6-8-18-9-11/h2-4,6,8-9H,5,7,15H2,1H3,(H,16,17). The molecule has 0 aliphatic heterocycles. The fourth-order valence-corrected chi connectivity index (χ4v) is 2.43. The number of benzene rings is 1. The summed E-state index contributed by atoms with van der Waals surface area (Å²) in [5, 5.41) is 7.02. The zero-order valence-corrected chi connectivity index (χ0v) is 11.1. The van der Waals surface area contributed by atoms with Gasteiger partial charge in [0, 0.05) is 12.2 Å². The summed E-state index contributed by atoms with van der Waals surface area (Å²) in [6.45, 7) is 2.53. The van der Waals surface area contributed by atoms with Crippen LogP contribution in [0.15, 0.2) is 35.0 Å². The van der Waals surface area contributed by atoms with Crippen molar-refractivity contribution in [2.45, 2.75) is 13.3 Å². The molecule has 1 aromatic heterocycles. The molecule has 0 radical (unpaired) electrons. The van der Waals surface area contributed by atoms with Crippen LogP contribution in [0.5, 0.6) is 0 Å². The van der Waals surface area contributed by atoms with Gasteiger partial charge in [0.2, 0.25) is 0 Å². The second-order valence-electron chi connectivity index (χ2n) is 4.17. The summed E-state index contributed by atoms with van der Waals surface area (Å²) >= 11 is 1.67. The molecule has 1 heterocycles. The van der Waals surface area contributed by atoms with E-state index < -0.39 is 0 Å². The molecule has 3 nitrogen and oxygen atoms in total. The number of carbonyl (C=O) groups is 1. The molecule has 2 aromatic rings. The maximum atomic E-state index is 12.0. The monoisotopic (exact) mass is 260 g/mol. The molecule has 0 spiro atoms. The minimum atomic E-state index is -0.105. The van der Waals surface area contributed by atoms with Crippen molar-refractivity contribution in [3.8, 4) is 0 Å². The number of aryl methyl sites for hydroxylation is 1. The second-order valence-corrected chi connectivity index (χ2v) is 4.95. The van der Waals surface area contributed by atoms with Crippen LogP contribution >= 0.6 is 11.3 Å². The topological polar surface area (TPSA) is 55.1 Å². The molecule has 0 saturated carbocycles. The van der Waals surface area contributed by atoms with Crippen molar-refractivity contribution in [1.29, 1.82) is 0 Å². The van der Waals surface area contributed by atoms with E-state index in [1.54, 1.807) is 17.4 Å². The number of para-hydroxylation sites is 1. The highest BCUT2D eigenvalue weighted by Gasteiger charge is 2.09. The molecule has 0 aliphatic rings. The Labute approximate surface area is 111 Å².